The highest BCUT2D eigenvalue weighted by Crippen LogP contribution is 2.16. The van der Waals surface area contributed by atoms with E-state index in [0.29, 0.717) is 19.0 Å². The number of halogens is 1. The summed E-state index contributed by atoms with van der Waals surface area (Å²) >= 11 is 0. The van der Waals surface area contributed by atoms with Gasteiger partial charge in [-0.15, -0.1) is 24.0 Å². The summed E-state index contributed by atoms with van der Waals surface area (Å²) in [5.41, 5.74) is 2.08. The largest absolute Gasteiger partial charge is 0.497 e. The molecular formula is C22H29IN4O4. The first-order valence-corrected chi connectivity index (χ1v) is 10.1. The number of non-ortho nitro benzene ring substituents is 1. The molecule has 2 aromatic rings. The SMILES string of the molecule is COc1ccc(CN=C(NCc2ccc([N+](=O)[O-])cc2)NC(C)C2CCCO2)cc1.I. The zero-order valence-electron chi connectivity index (χ0n) is 17.7. The first-order valence-electron chi connectivity index (χ1n) is 10.1. The zero-order chi connectivity index (χ0) is 21.3. The van der Waals surface area contributed by atoms with Crippen LogP contribution in [0.4, 0.5) is 5.69 Å². The van der Waals surface area contributed by atoms with E-state index >= 15 is 0 Å². The van der Waals surface area contributed by atoms with E-state index in [1.807, 2.05) is 24.3 Å². The third-order valence-electron chi connectivity index (χ3n) is 5.07. The number of benzene rings is 2. The molecule has 0 saturated carbocycles. The predicted molar refractivity (Wildman–Crippen MR) is 131 cm³/mol. The first kappa shape index (κ1) is 24.9. The average molecular weight is 540 g/mol. The number of nitrogens with one attached hydrogen (secondary N) is 2. The Balaban J connectivity index is 0.00000341. The maximum absolute atomic E-state index is 10.8. The van der Waals surface area contributed by atoms with Gasteiger partial charge in [0, 0.05) is 25.3 Å². The van der Waals surface area contributed by atoms with Gasteiger partial charge in [-0.3, -0.25) is 10.1 Å². The molecule has 1 aliphatic heterocycles. The van der Waals surface area contributed by atoms with Gasteiger partial charge in [0.05, 0.1) is 30.7 Å². The van der Waals surface area contributed by atoms with Crippen LogP contribution in [-0.4, -0.2) is 36.7 Å². The van der Waals surface area contributed by atoms with Gasteiger partial charge in [-0.2, -0.15) is 0 Å². The molecular weight excluding hydrogens is 511 g/mol. The summed E-state index contributed by atoms with van der Waals surface area (Å²) in [6.45, 7) is 3.90. The molecule has 168 valence electrons. The molecule has 9 heteroatoms. The highest BCUT2D eigenvalue weighted by Gasteiger charge is 2.23. The van der Waals surface area contributed by atoms with Crippen molar-refractivity contribution in [2.24, 2.45) is 4.99 Å². The van der Waals surface area contributed by atoms with E-state index in [1.165, 1.54) is 12.1 Å². The van der Waals surface area contributed by atoms with E-state index in [9.17, 15) is 10.1 Å². The number of rotatable bonds is 8. The number of hydrogen-bond acceptors (Lipinski definition) is 5. The van der Waals surface area contributed by atoms with Crippen molar-refractivity contribution in [3.8, 4) is 5.75 Å². The Morgan fingerprint density at radius 1 is 1.23 bits per heavy atom. The minimum Gasteiger partial charge on any atom is -0.497 e. The maximum Gasteiger partial charge on any atom is 0.269 e. The lowest BCUT2D eigenvalue weighted by Gasteiger charge is -2.23. The van der Waals surface area contributed by atoms with Crippen molar-refractivity contribution in [2.75, 3.05) is 13.7 Å². The summed E-state index contributed by atoms with van der Waals surface area (Å²) in [6, 6.07) is 14.4. The summed E-state index contributed by atoms with van der Waals surface area (Å²) < 4.78 is 11.0. The topological polar surface area (TPSA) is 98.0 Å². The Labute approximate surface area is 199 Å². The maximum atomic E-state index is 10.8. The third-order valence-corrected chi connectivity index (χ3v) is 5.07. The van der Waals surface area contributed by atoms with Gasteiger partial charge in [-0.05, 0) is 43.0 Å². The molecule has 2 atom stereocenters. The van der Waals surface area contributed by atoms with E-state index in [0.717, 1.165) is 36.3 Å². The fraction of sp³-hybridized carbons (Fsp3) is 0.409. The zero-order valence-corrected chi connectivity index (χ0v) is 20.1. The van der Waals surface area contributed by atoms with Crippen molar-refractivity contribution in [3.63, 3.8) is 0 Å². The molecule has 1 aliphatic rings. The van der Waals surface area contributed by atoms with Crippen LogP contribution in [0.3, 0.4) is 0 Å². The molecule has 0 aliphatic carbocycles. The number of nitro benzene ring substituents is 1. The van der Waals surface area contributed by atoms with Gasteiger partial charge in [0.1, 0.15) is 5.75 Å². The van der Waals surface area contributed by atoms with Crippen LogP contribution in [0.2, 0.25) is 0 Å². The summed E-state index contributed by atoms with van der Waals surface area (Å²) in [7, 11) is 1.64. The lowest BCUT2D eigenvalue weighted by Crippen LogP contribution is -2.46. The molecule has 8 nitrogen and oxygen atoms in total. The summed E-state index contributed by atoms with van der Waals surface area (Å²) in [6.07, 6.45) is 2.27. The molecule has 31 heavy (non-hydrogen) atoms. The second-order valence-corrected chi connectivity index (χ2v) is 7.27. The second kappa shape index (κ2) is 12.5. The van der Waals surface area contributed by atoms with Crippen molar-refractivity contribution >= 4 is 35.6 Å². The monoisotopic (exact) mass is 540 g/mol. The molecule has 1 heterocycles. The summed E-state index contributed by atoms with van der Waals surface area (Å²) in [5, 5.41) is 17.6. The number of ether oxygens (including phenoxy) is 2. The molecule has 2 unspecified atom stereocenters. The molecule has 3 rings (SSSR count). The van der Waals surface area contributed by atoms with E-state index < -0.39 is 4.92 Å². The fourth-order valence-corrected chi connectivity index (χ4v) is 3.28. The summed E-state index contributed by atoms with van der Waals surface area (Å²) in [4.78, 5) is 15.1. The second-order valence-electron chi connectivity index (χ2n) is 7.27. The Morgan fingerprint density at radius 2 is 1.90 bits per heavy atom. The van der Waals surface area contributed by atoms with Crippen LogP contribution < -0.4 is 15.4 Å². The van der Waals surface area contributed by atoms with E-state index in [1.54, 1.807) is 19.2 Å². The number of nitro groups is 1. The number of guanidine groups is 1. The molecule has 0 bridgehead atoms. The molecule has 0 aromatic heterocycles. The quantitative estimate of drug-likeness (QED) is 0.173. The van der Waals surface area contributed by atoms with Crippen LogP contribution in [0.5, 0.6) is 5.75 Å². The smallest absolute Gasteiger partial charge is 0.269 e. The highest BCUT2D eigenvalue weighted by molar-refractivity contribution is 14.0. The van der Waals surface area contributed by atoms with Crippen molar-refractivity contribution in [1.29, 1.82) is 0 Å². The van der Waals surface area contributed by atoms with Crippen molar-refractivity contribution in [2.45, 2.75) is 45.0 Å². The minimum atomic E-state index is -0.399. The van der Waals surface area contributed by atoms with Gasteiger partial charge in [-0.1, -0.05) is 24.3 Å². The lowest BCUT2D eigenvalue weighted by molar-refractivity contribution is -0.384. The first-order chi connectivity index (χ1) is 14.5. The number of aliphatic imine (C=N–C) groups is 1. The minimum absolute atomic E-state index is 0. The number of hydrogen-bond donors (Lipinski definition) is 2. The van der Waals surface area contributed by atoms with Crippen LogP contribution in [0.1, 0.15) is 30.9 Å². The van der Waals surface area contributed by atoms with Gasteiger partial charge in [-0.25, -0.2) is 4.99 Å². The molecule has 1 saturated heterocycles. The van der Waals surface area contributed by atoms with Crippen LogP contribution in [0.25, 0.3) is 0 Å². The summed E-state index contributed by atoms with van der Waals surface area (Å²) in [5.74, 6) is 1.48. The Hall–Kier alpha value is -2.40. The van der Waals surface area contributed by atoms with Gasteiger partial charge in [0.2, 0.25) is 0 Å². The third kappa shape index (κ3) is 7.66. The van der Waals surface area contributed by atoms with Gasteiger partial charge in [0.25, 0.3) is 5.69 Å². The molecule has 0 radical (unpaired) electrons. The van der Waals surface area contributed by atoms with Gasteiger partial charge in [0.15, 0.2) is 5.96 Å². The molecule has 0 spiro atoms. The number of methoxy groups -OCH3 is 1. The fourth-order valence-electron chi connectivity index (χ4n) is 3.28. The van der Waals surface area contributed by atoms with Gasteiger partial charge < -0.3 is 20.1 Å². The van der Waals surface area contributed by atoms with E-state index in [4.69, 9.17) is 14.5 Å². The van der Waals surface area contributed by atoms with Crippen molar-refractivity contribution < 1.29 is 14.4 Å². The van der Waals surface area contributed by atoms with E-state index in [2.05, 4.69) is 17.6 Å². The van der Waals surface area contributed by atoms with Crippen molar-refractivity contribution in [1.82, 2.24) is 10.6 Å². The standard InChI is InChI=1S/C22H28N4O4.HI/c1-16(21-4-3-13-30-21)25-22(24-15-18-7-11-20(29-2)12-8-18)23-14-17-5-9-19(10-6-17)26(27)28;/h5-12,16,21H,3-4,13-15H2,1-2H3,(H2,23,24,25);1H. The Bertz CT molecular complexity index is 853. The van der Waals surface area contributed by atoms with Crippen LogP contribution in [0.15, 0.2) is 53.5 Å². The number of nitrogens with zero attached hydrogens (tertiary/aromatic N) is 2. The van der Waals surface area contributed by atoms with Crippen LogP contribution >= 0.6 is 24.0 Å². The Morgan fingerprint density at radius 3 is 2.48 bits per heavy atom. The lowest BCUT2D eigenvalue weighted by atomic mass is 10.1. The van der Waals surface area contributed by atoms with E-state index in [-0.39, 0.29) is 41.8 Å². The normalized spacial score (nSPS) is 16.8. The predicted octanol–water partition coefficient (Wildman–Crippen LogP) is 4.02. The molecule has 0 amide bonds. The van der Waals surface area contributed by atoms with Crippen molar-refractivity contribution in [3.05, 3.63) is 69.8 Å². The Kier molecular flexibility index (Phi) is 9.99. The van der Waals surface area contributed by atoms with Crippen LogP contribution in [0, 0.1) is 10.1 Å². The van der Waals surface area contributed by atoms with Gasteiger partial charge >= 0.3 is 0 Å². The van der Waals surface area contributed by atoms with Crippen LogP contribution in [-0.2, 0) is 17.8 Å². The highest BCUT2D eigenvalue weighted by atomic mass is 127. The molecule has 2 aromatic carbocycles. The average Bonchev–Trinajstić information content (AvgIpc) is 3.31. The molecule has 2 N–H and O–H groups in total. The molecule has 1 fully saturated rings.